The first-order chi connectivity index (χ1) is 22.2. The molecular formula is C34H33F4N5O3. The number of Topliss-reactive ketones (excluding diaryl/α,β-unsaturated/α-hetero) is 1. The van der Waals surface area contributed by atoms with Crippen LogP contribution in [-0.2, 0) is 23.8 Å². The van der Waals surface area contributed by atoms with Crippen molar-refractivity contribution < 1.29 is 31.6 Å². The topological polar surface area (TPSA) is 82.8 Å². The molecule has 1 atom stereocenters. The number of carbonyl (C=O) groups is 2. The number of ketones is 1. The highest BCUT2D eigenvalue weighted by Gasteiger charge is 2.42. The fourth-order valence-corrected chi connectivity index (χ4v) is 6.05. The Balaban J connectivity index is 1.08. The minimum absolute atomic E-state index is 0.0113. The molecule has 4 aromatic rings. The molecule has 2 fully saturated rings. The van der Waals surface area contributed by atoms with Gasteiger partial charge in [-0.05, 0) is 41.7 Å². The number of oxazole rings is 1. The predicted octanol–water partition coefficient (Wildman–Crippen LogP) is 5.93. The third-order valence-corrected chi connectivity index (χ3v) is 8.53. The zero-order valence-corrected chi connectivity index (χ0v) is 25.0. The standard InChI is InChI=1S/C34H33F4N5O3/c35-27-11-5-4-9-25(27)20-30(45)42-17-15-41(16-18-42)29-13-12-23(21-39-29)19-28(44)31-32(34(36,37)38)40-33(46-31)43-14-6-10-26(22-43)24-7-2-1-3-8-24/h1-5,7-9,11-13,21,26H,6,10,14-20,22H2/t26-/m0/s1. The summed E-state index contributed by atoms with van der Waals surface area (Å²) in [5.74, 6) is -1.47. The summed E-state index contributed by atoms with van der Waals surface area (Å²) in [6, 6.07) is 19.1. The van der Waals surface area contributed by atoms with Crippen molar-refractivity contribution in [2.45, 2.75) is 37.8 Å². The molecule has 2 aromatic heterocycles. The van der Waals surface area contributed by atoms with Crippen molar-refractivity contribution in [2.75, 3.05) is 49.1 Å². The van der Waals surface area contributed by atoms with Gasteiger partial charge < -0.3 is 19.1 Å². The summed E-state index contributed by atoms with van der Waals surface area (Å²) < 4.78 is 61.5. The lowest BCUT2D eigenvalue weighted by atomic mass is 9.91. The Hall–Kier alpha value is -4.74. The maximum absolute atomic E-state index is 14.0. The summed E-state index contributed by atoms with van der Waals surface area (Å²) >= 11 is 0. The highest BCUT2D eigenvalue weighted by molar-refractivity contribution is 5.96. The smallest absolute Gasteiger partial charge is 0.420 e. The van der Waals surface area contributed by atoms with Crippen LogP contribution in [0.5, 0.6) is 0 Å². The fraction of sp³-hybridized carbons (Fsp3) is 0.353. The number of amides is 1. The first-order valence-corrected chi connectivity index (χ1v) is 15.3. The van der Waals surface area contributed by atoms with E-state index in [-0.39, 0.29) is 30.7 Å². The van der Waals surface area contributed by atoms with Gasteiger partial charge in [0.05, 0.1) is 6.42 Å². The largest absolute Gasteiger partial charge is 0.437 e. The van der Waals surface area contributed by atoms with Gasteiger partial charge in [-0.1, -0.05) is 54.6 Å². The lowest BCUT2D eigenvalue weighted by Crippen LogP contribution is -2.49. The Morgan fingerprint density at radius 3 is 2.30 bits per heavy atom. The molecule has 0 N–H and O–H groups in total. The molecule has 240 valence electrons. The maximum Gasteiger partial charge on any atom is 0.437 e. The van der Waals surface area contributed by atoms with Gasteiger partial charge in [0, 0.05) is 57.8 Å². The average molecular weight is 636 g/mol. The number of carbonyl (C=O) groups excluding carboxylic acids is 2. The lowest BCUT2D eigenvalue weighted by molar-refractivity contribution is -0.141. The minimum Gasteiger partial charge on any atom is -0.420 e. The second kappa shape index (κ2) is 13.3. The van der Waals surface area contributed by atoms with E-state index >= 15 is 0 Å². The quantitative estimate of drug-likeness (QED) is 0.175. The number of alkyl halides is 3. The van der Waals surface area contributed by atoms with Crippen LogP contribution >= 0.6 is 0 Å². The molecule has 0 aliphatic carbocycles. The molecule has 0 saturated carbocycles. The highest BCUT2D eigenvalue weighted by Crippen LogP contribution is 2.37. The first kappa shape index (κ1) is 31.3. The van der Waals surface area contributed by atoms with Gasteiger partial charge in [-0.15, -0.1) is 0 Å². The summed E-state index contributed by atoms with van der Waals surface area (Å²) in [5.41, 5.74) is 0.563. The molecule has 0 bridgehead atoms. The molecule has 6 rings (SSSR count). The maximum atomic E-state index is 14.0. The number of anilines is 2. The number of halogens is 4. The molecule has 4 heterocycles. The van der Waals surface area contributed by atoms with Crippen LogP contribution in [0, 0.1) is 5.82 Å². The van der Waals surface area contributed by atoms with Gasteiger partial charge in [0.2, 0.25) is 17.5 Å². The Labute approximate surface area is 263 Å². The summed E-state index contributed by atoms with van der Waals surface area (Å²) in [6.07, 6.45) is -2.10. The van der Waals surface area contributed by atoms with Gasteiger partial charge >= 0.3 is 6.18 Å². The van der Waals surface area contributed by atoms with Gasteiger partial charge in [0.1, 0.15) is 11.6 Å². The van der Waals surface area contributed by atoms with Crippen LogP contribution in [0.2, 0.25) is 0 Å². The molecule has 2 saturated heterocycles. The molecule has 8 nitrogen and oxygen atoms in total. The van der Waals surface area contributed by atoms with Crippen molar-refractivity contribution in [3.05, 3.63) is 107 Å². The Morgan fingerprint density at radius 1 is 0.870 bits per heavy atom. The van der Waals surface area contributed by atoms with Crippen molar-refractivity contribution in [1.82, 2.24) is 14.9 Å². The molecule has 2 aromatic carbocycles. The monoisotopic (exact) mass is 635 g/mol. The molecule has 1 amide bonds. The van der Waals surface area contributed by atoms with Gasteiger partial charge in [0.15, 0.2) is 5.69 Å². The average Bonchev–Trinajstić information content (AvgIpc) is 3.54. The molecule has 2 aliphatic heterocycles. The van der Waals surface area contributed by atoms with Crippen LogP contribution in [-0.4, -0.2) is 65.8 Å². The molecule has 0 spiro atoms. The molecule has 46 heavy (non-hydrogen) atoms. The predicted molar refractivity (Wildman–Crippen MR) is 163 cm³/mol. The zero-order chi connectivity index (χ0) is 32.3. The highest BCUT2D eigenvalue weighted by atomic mass is 19.4. The van der Waals surface area contributed by atoms with E-state index in [1.165, 1.54) is 12.3 Å². The summed E-state index contributed by atoms with van der Waals surface area (Å²) in [4.78, 5) is 39.4. The molecule has 0 unspecified atom stereocenters. The third kappa shape index (κ3) is 7.05. The lowest BCUT2D eigenvalue weighted by Gasteiger charge is -2.35. The number of piperidine rings is 1. The van der Waals surface area contributed by atoms with Crippen LogP contribution in [0.3, 0.4) is 0 Å². The number of hydrogen-bond donors (Lipinski definition) is 0. The number of pyridine rings is 1. The summed E-state index contributed by atoms with van der Waals surface area (Å²) in [6.45, 7) is 2.80. The fourth-order valence-electron chi connectivity index (χ4n) is 6.05. The van der Waals surface area contributed by atoms with Crippen LogP contribution in [0.15, 0.2) is 77.3 Å². The number of aromatic nitrogens is 2. The van der Waals surface area contributed by atoms with Crippen LogP contribution in [0.25, 0.3) is 0 Å². The van der Waals surface area contributed by atoms with E-state index in [4.69, 9.17) is 4.42 Å². The minimum atomic E-state index is -4.86. The van der Waals surface area contributed by atoms with Crippen molar-refractivity contribution in [2.24, 2.45) is 0 Å². The Morgan fingerprint density at radius 2 is 1.61 bits per heavy atom. The second-order valence-corrected chi connectivity index (χ2v) is 11.6. The molecule has 0 radical (unpaired) electrons. The molecule has 12 heteroatoms. The first-order valence-electron chi connectivity index (χ1n) is 15.3. The zero-order valence-electron chi connectivity index (χ0n) is 25.0. The summed E-state index contributed by atoms with van der Waals surface area (Å²) in [7, 11) is 0. The van der Waals surface area contributed by atoms with E-state index in [1.807, 2.05) is 35.2 Å². The molecule has 2 aliphatic rings. The number of benzene rings is 2. The number of nitrogens with zero attached hydrogens (tertiary/aromatic N) is 5. The van der Waals surface area contributed by atoms with Crippen LogP contribution in [0.1, 0.15) is 51.7 Å². The van der Waals surface area contributed by atoms with Crippen LogP contribution < -0.4 is 9.80 Å². The van der Waals surface area contributed by atoms with Crippen molar-refractivity contribution in [1.29, 1.82) is 0 Å². The van der Waals surface area contributed by atoms with E-state index in [1.54, 1.807) is 40.1 Å². The Bertz CT molecular complexity index is 1670. The van der Waals surface area contributed by atoms with Gasteiger partial charge in [-0.2, -0.15) is 18.2 Å². The number of hydrogen-bond acceptors (Lipinski definition) is 7. The SMILES string of the molecule is O=C(Cc1ccc(N2CCN(C(=O)Cc3ccccc3F)CC2)nc1)c1oc(N2CCC[C@H](c3ccccc3)C2)nc1C(F)(F)F. The van der Waals surface area contributed by atoms with Gasteiger partial charge in [0.25, 0.3) is 6.01 Å². The normalized spacial score (nSPS) is 17.3. The second-order valence-electron chi connectivity index (χ2n) is 11.6. The summed E-state index contributed by atoms with van der Waals surface area (Å²) in [5, 5.41) is 0. The van der Waals surface area contributed by atoms with E-state index in [0.717, 1.165) is 18.4 Å². The number of rotatable bonds is 8. The van der Waals surface area contributed by atoms with Gasteiger partial charge in [-0.3, -0.25) is 9.59 Å². The van der Waals surface area contributed by atoms with E-state index in [9.17, 15) is 27.2 Å². The van der Waals surface area contributed by atoms with Crippen molar-refractivity contribution >= 4 is 23.5 Å². The number of piperazine rings is 1. The van der Waals surface area contributed by atoms with E-state index < -0.39 is 29.2 Å². The molecular weight excluding hydrogens is 602 g/mol. The van der Waals surface area contributed by atoms with Crippen molar-refractivity contribution in [3.63, 3.8) is 0 Å². The van der Waals surface area contributed by atoms with E-state index in [2.05, 4.69) is 9.97 Å². The van der Waals surface area contributed by atoms with Gasteiger partial charge in [-0.25, -0.2) is 9.37 Å². The Kier molecular flexibility index (Phi) is 9.05. The third-order valence-electron chi connectivity index (χ3n) is 8.53. The van der Waals surface area contributed by atoms with Crippen LogP contribution in [0.4, 0.5) is 29.4 Å². The van der Waals surface area contributed by atoms with E-state index in [0.29, 0.717) is 56.2 Å². The van der Waals surface area contributed by atoms with Crippen molar-refractivity contribution in [3.8, 4) is 0 Å².